The zero-order valence-electron chi connectivity index (χ0n) is 16.8. The quantitative estimate of drug-likeness (QED) is 0.174. The summed E-state index contributed by atoms with van der Waals surface area (Å²) in [4.78, 5) is 26.6. The van der Waals surface area contributed by atoms with E-state index in [1.807, 2.05) is 36.4 Å². The fourth-order valence-electron chi connectivity index (χ4n) is 3.58. The first-order valence-electron chi connectivity index (χ1n) is 10.4. The molecule has 0 radical (unpaired) electrons. The summed E-state index contributed by atoms with van der Waals surface area (Å²) in [6.07, 6.45) is 10.1. The van der Waals surface area contributed by atoms with Crippen LogP contribution in [0.15, 0.2) is 42.5 Å². The first-order chi connectivity index (χ1) is 14.0. The molecule has 29 heavy (non-hydrogen) atoms. The highest BCUT2D eigenvalue weighted by Crippen LogP contribution is 2.35. The molecule has 0 spiro atoms. The van der Waals surface area contributed by atoms with Crippen LogP contribution >= 0.6 is 0 Å². The van der Waals surface area contributed by atoms with E-state index in [-0.39, 0.29) is 19.0 Å². The van der Waals surface area contributed by atoms with Gasteiger partial charge < -0.3 is 14.7 Å². The van der Waals surface area contributed by atoms with E-state index in [1.54, 1.807) is 6.08 Å². The highest BCUT2D eigenvalue weighted by molar-refractivity contribution is 5.70. The summed E-state index contributed by atoms with van der Waals surface area (Å²) in [5.74, 6) is -0.259. The van der Waals surface area contributed by atoms with Crippen molar-refractivity contribution in [3.8, 4) is 0 Å². The Labute approximate surface area is 171 Å². The van der Waals surface area contributed by atoms with Crippen LogP contribution in [0, 0.1) is 10.1 Å². The zero-order chi connectivity index (χ0) is 21.0. The van der Waals surface area contributed by atoms with Gasteiger partial charge in [0.2, 0.25) is 0 Å². The summed E-state index contributed by atoms with van der Waals surface area (Å²) in [6, 6.07) is 10.0. The molecule has 1 fully saturated rings. The number of ether oxygens (including phenoxy) is 1. The highest BCUT2D eigenvalue weighted by atomic mass is 16.9. The molecule has 0 saturated heterocycles. The van der Waals surface area contributed by atoms with Crippen molar-refractivity contribution in [2.45, 2.75) is 75.9 Å². The summed E-state index contributed by atoms with van der Waals surface area (Å²) >= 11 is 0. The lowest BCUT2D eigenvalue weighted by Gasteiger charge is -2.26. The number of benzene rings is 1. The normalized spacial score (nSPS) is 16.6. The molecule has 1 N–H and O–H groups in total. The summed E-state index contributed by atoms with van der Waals surface area (Å²) in [5, 5.41) is 19.6. The van der Waals surface area contributed by atoms with Gasteiger partial charge in [0, 0.05) is 6.42 Å². The van der Waals surface area contributed by atoms with Crippen LogP contribution in [0.5, 0.6) is 0 Å². The van der Waals surface area contributed by atoms with E-state index in [4.69, 9.17) is 4.74 Å². The molecule has 0 aromatic heterocycles. The topological polar surface area (TPSA) is 98.9 Å². The predicted molar refractivity (Wildman–Crippen MR) is 109 cm³/mol. The van der Waals surface area contributed by atoms with Crippen molar-refractivity contribution in [2.75, 3.05) is 6.61 Å². The van der Waals surface area contributed by atoms with Crippen molar-refractivity contribution >= 4 is 5.97 Å². The molecule has 0 unspecified atom stereocenters. The van der Waals surface area contributed by atoms with Crippen molar-refractivity contribution in [3.05, 3.63) is 58.2 Å². The molecule has 0 heterocycles. The van der Waals surface area contributed by atoms with Crippen LogP contribution in [0.1, 0.15) is 63.4 Å². The van der Waals surface area contributed by atoms with Crippen molar-refractivity contribution in [1.29, 1.82) is 0 Å². The van der Waals surface area contributed by atoms with E-state index in [0.717, 1.165) is 32.1 Å². The van der Waals surface area contributed by atoms with Gasteiger partial charge in [-0.2, -0.15) is 0 Å². The number of esters is 1. The fraction of sp³-hybridized carbons (Fsp3) is 0.591. The van der Waals surface area contributed by atoms with Crippen molar-refractivity contribution in [1.82, 2.24) is 0 Å². The molecule has 2 rings (SSSR count). The van der Waals surface area contributed by atoms with Gasteiger partial charge in [-0.1, -0.05) is 42.8 Å². The van der Waals surface area contributed by atoms with Gasteiger partial charge in [0.25, 0.3) is 5.09 Å². The first-order valence-corrected chi connectivity index (χ1v) is 10.4. The van der Waals surface area contributed by atoms with Gasteiger partial charge in [-0.05, 0) is 63.0 Å². The number of aliphatic hydroxyl groups is 1. The Balaban J connectivity index is 1.74. The molecule has 1 saturated carbocycles. The van der Waals surface area contributed by atoms with Gasteiger partial charge in [-0.3, -0.25) is 4.79 Å². The molecule has 7 heteroatoms. The third-order valence-electron chi connectivity index (χ3n) is 5.18. The largest absolute Gasteiger partial charge is 0.455 e. The molecule has 1 atom stereocenters. The average Bonchev–Trinajstić information content (AvgIpc) is 3.16. The van der Waals surface area contributed by atoms with Crippen molar-refractivity contribution in [2.24, 2.45) is 0 Å². The van der Waals surface area contributed by atoms with Crippen LogP contribution in [0.2, 0.25) is 0 Å². The van der Waals surface area contributed by atoms with Crippen LogP contribution in [0.3, 0.4) is 0 Å². The number of carbonyl (C=O) groups is 1. The van der Waals surface area contributed by atoms with E-state index in [1.165, 1.54) is 5.56 Å². The highest BCUT2D eigenvalue weighted by Gasteiger charge is 2.35. The van der Waals surface area contributed by atoms with Crippen LogP contribution in [-0.4, -0.2) is 34.5 Å². The summed E-state index contributed by atoms with van der Waals surface area (Å²) in [7, 11) is 0. The van der Waals surface area contributed by atoms with Gasteiger partial charge >= 0.3 is 5.97 Å². The van der Waals surface area contributed by atoms with Gasteiger partial charge in [-0.25, -0.2) is 0 Å². The molecule has 0 bridgehead atoms. The number of aliphatic hydroxyl groups excluding tert-OH is 1. The predicted octanol–water partition coefficient (Wildman–Crippen LogP) is 4.16. The molecule has 1 aliphatic rings. The zero-order valence-corrected chi connectivity index (χ0v) is 16.8. The van der Waals surface area contributed by atoms with Crippen LogP contribution < -0.4 is 0 Å². The molecular formula is C22H31NO6. The molecule has 1 aromatic rings. The van der Waals surface area contributed by atoms with Crippen molar-refractivity contribution < 1.29 is 24.6 Å². The Bertz CT molecular complexity index is 655. The number of aryl methyl sites for hydroxylation is 1. The van der Waals surface area contributed by atoms with E-state index in [0.29, 0.717) is 25.7 Å². The van der Waals surface area contributed by atoms with E-state index < -0.39 is 16.8 Å². The number of carbonyl (C=O) groups excluding carboxylic acids is 1. The van der Waals surface area contributed by atoms with Crippen LogP contribution in [0.25, 0.3) is 0 Å². The Kier molecular flexibility index (Phi) is 9.64. The van der Waals surface area contributed by atoms with Gasteiger partial charge in [-0.15, -0.1) is 10.1 Å². The first kappa shape index (κ1) is 22.9. The van der Waals surface area contributed by atoms with Gasteiger partial charge in [0.05, 0.1) is 12.7 Å². The Morgan fingerprint density at radius 1 is 1.21 bits per heavy atom. The number of hydrogen-bond acceptors (Lipinski definition) is 6. The summed E-state index contributed by atoms with van der Waals surface area (Å²) < 4.78 is 5.78. The summed E-state index contributed by atoms with van der Waals surface area (Å²) in [6.45, 7) is 0.0512. The average molecular weight is 405 g/mol. The Hall–Kier alpha value is -2.41. The smallest absolute Gasteiger partial charge is 0.306 e. The van der Waals surface area contributed by atoms with E-state index in [2.05, 4.69) is 4.84 Å². The number of nitrogens with zero attached hydrogens (tertiary/aromatic N) is 1. The third kappa shape index (κ3) is 9.09. The Morgan fingerprint density at radius 3 is 2.62 bits per heavy atom. The third-order valence-corrected chi connectivity index (χ3v) is 5.18. The second kappa shape index (κ2) is 12.2. The lowest BCUT2D eigenvalue weighted by molar-refractivity contribution is -0.757. The minimum Gasteiger partial charge on any atom is -0.455 e. The van der Waals surface area contributed by atoms with E-state index in [9.17, 15) is 20.0 Å². The monoisotopic (exact) mass is 405 g/mol. The Morgan fingerprint density at radius 2 is 1.93 bits per heavy atom. The van der Waals surface area contributed by atoms with Crippen molar-refractivity contribution in [3.63, 3.8) is 0 Å². The summed E-state index contributed by atoms with van der Waals surface area (Å²) in [5.41, 5.74) is 0.574. The fourth-order valence-corrected chi connectivity index (χ4v) is 3.58. The van der Waals surface area contributed by atoms with E-state index >= 15 is 0 Å². The molecule has 0 aliphatic heterocycles. The minimum atomic E-state index is -0.807. The maximum Gasteiger partial charge on any atom is 0.306 e. The second-order valence-electron chi connectivity index (χ2n) is 7.56. The number of unbranched alkanes of at least 4 members (excludes halogenated alkanes) is 2. The molecule has 7 nitrogen and oxygen atoms in total. The second-order valence-corrected chi connectivity index (χ2v) is 7.56. The lowest BCUT2D eigenvalue weighted by Crippen LogP contribution is -2.30. The minimum absolute atomic E-state index is 0.0512. The standard InChI is InChI=1S/C22H31NO6/c24-20(13-12-19-9-3-1-4-10-19)14-17-22(15-6-7-16-22)29-21(25)11-5-2-8-18-28-23(26)27/h1,3-4,9-10,14,17,20,24H,2,5-8,11-13,15-16,18H2/b17-14+/t20-/m0/s1. The molecule has 1 aromatic carbocycles. The van der Waals surface area contributed by atoms with Gasteiger partial charge in [0.15, 0.2) is 0 Å². The molecule has 0 amide bonds. The molecule has 160 valence electrons. The maximum absolute atomic E-state index is 12.2. The number of hydrogen-bond donors (Lipinski definition) is 1. The maximum atomic E-state index is 12.2. The van der Waals surface area contributed by atoms with Gasteiger partial charge in [0.1, 0.15) is 5.60 Å². The SMILES string of the molecule is O=C(CCCCCO[N+](=O)[O-])OC1(/C=C/[C@@H](O)CCc2ccccc2)CCCC1. The van der Waals surface area contributed by atoms with Crippen LogP contribution in [0.4, 0.5) is 0 Å². The number of rotatable bonds is 13. The van der Waals surface area contributed by atoms with Crippen LogP contribution in [-0.2, 0) is 20.8 Å². The molecule has 1 aliphatic carbocycles. The lowest BCUT2D eigenvalue weighted by atomic mass is 9.99. The molecular weight excluding hydrogens is 374 g/mol.